The van der Waals surface area contributed by atoms with E-state index in [0.29, 0.717) is 18.0 Å². The van der Waals surface area contributed by atoms with Crippen LogP contribution in [0.3, 0.4) is 0 Å². The molecule has 1 aliphatic rings. The monoisotopic (exact) mass is 370 g/mol. The Balaban J connectivity index is 1.54. The van der Waals surface area contributed by atoms with Crippen LogP contribution in [0.15, 0.2) is 91.0 Å². The largest absolute Gasteiger partial charge is 0.311 e. The predicted octanol–water partition coefficient (Wildman–Crippen LogP) is 4.93. The van der Waals surface area contributed by atoms with Gasteiger partial charge in [0.15, 0.2) is 0 Å². The highest BCUT2D eigenvalue weighted by molar-refractivity contribution is 5.32. The van der Waals surface area contributed by atoms with Crippen molar-refractivity contribution in [1.29, 1.82) is 0 Å². The van der Waals surface area contributed by atoms with E-state index in [1.54, 1.807) is 0 Å². The topological polar surface area (TPSA) is 15.3 Å². The highest BCUT2D eigenvalue weighted by atomic mass is 15.2. The number of piperazine rings is 1. The van der Waals surface area contributed by atoms with Gasteiger partial charge in [0.05, 0.1) is 6.04 Å². The lowest BCUT2D eigenvalue weighted by atomic mass is 9.90. The van der Waals surface area contributed by atoms with E-state index >= 15 is 0 Å². The van der Waals surface area contributed by atoms with Crippen LogP contribution < -0.4 is 5.32 Å². The van der Waals surface area contributed by atoms with E-state index in [9.17, 15) is 0 Å². The van der Waals surface area contributed by atoms with E-state index in [0.717, 1.165) is 26.1 Å². The minimum Gasteiger partial charge on any atom is -0.311 e. The van der Waals surface area contributed by atoms with E-state index in [-0.39, 0.29) is 0 Å². The Kier molecular flexibility index (Phi) is 6.20. The maximum absolute atomic E-state index is 3.79. The Morgan fingerprint density at radius 3 is 1.93 bits per heavy atom. The molecule has 1 N–H and O–H groups in total. The Bertz CT molecular complexity index is 793. The third-order valence-electron chi connectivity index (χ3n) is 5.92. The fourth-order valence-electron chi connectivity index (χ4n) is 4.43. The molecule has 1 saturated heterocycles. The van der Waals surface area contributed by atoms with Gasteiger partial charge in [-0.05, 0) is 29.0 Å². The molecule has 144 valence electrons. The van der Waals surface area contributed by atoms with E-state index in [2.05, 4.69) is 108 Å². The van der Waals surface area contributed by atoms with Crippen molar-refractivity contribution in [2.45, 2.75) is 25.4 Å². The van der Waals surface area contributed by atoms with Gasteiger partial charge in [-0.2, -0.15) is 0 Å². The summed E-state index contributed by atoms with van der Waals surface area (Å²) in [6, 6.07) is 33.6. The van der Waals surface area contributed by atoms with Crippen LogP contribution in [-0.4, -0.2) is 30.6 Å². The summed E-state index contributed by atoms with van der Waals surface area (Å²) in [4.78, 5) is 2.66. The zero-order chi connectivity index (χ0) is 19.2. The number of benzene rings is 3. The second-order valence-corrected chi connectivity index (χ2v) is 7.95. The van der Waals surface area contributed by atoms with Crippen LogP contribution in [0, 0.1) is 5.92 Å². The lowest BCUT2D eigenvalue weighted by Gasteiger charge is -2.41. The molecular weight excluding hydrogens is 340 g/mol. The van der Waals surface area contributed by atoms with E-state index in [4.69, 9.17) is 0 Å². The number of nitrogens with one attached hydrogen (secondary N) is 1. The molecule has 2 nitrogen and oxygen atoms in total. The van der Waals surface area contributed by atoms with Gasteiger partial charge in [-0.15, -0.1) is 0 Å². The molecule has 0 unspecified atom stereocenters. The van der Waals surface area contributed by atoms with Gasteiger partial charge in [-0.1, -0.05) is 97.9 Å². The molecule has 28 heavy (non-hydrogen) atoms. The minimum absolute atomic E-state index is 0.316. The highest BCUT2D eigenvalue weighted by Gasteiger charge is 2.30. The van der Waals surface area contributed by atoms with E-state index in [1.165, 1.54) is 16.7 Å². The lowest BCUT2D eigenvalue weighted by molar-refractivity contribution is 0.140. The average molecular weight is 371 g/mol. The first-order valence-corrected chi connectivity index (χ1v) is 10.4. The molecular formula is C26H30N2. The Hall–Kier alpha value is -2.42. The summed E-state index contributed by atoms with van der Waals surface area (Å²) in [6.45, 7) is 5.57. The van der Waals surface area contributed by atoms with Crippen molar-refractivity contribution in [3.63, 3.8) is 0 Å². The van der Waals surface area contributed by atoms with Gasteiger partial charge in [0.25, 0.3) is 0 Å². The van der Waals surface area contributed by atoms with Gasteiger partial charge < -0.3 is 5.32 Å². The summed E-state index contributed by atoms with van der Waals surface area (Å²) < 4.78 is 0. The molecule has 2 heteroatoms. The molecule has 0 aromatic heterocycles. The van der Waals surface area contributed by atoms with E-state index in [1.807, 2.05) is 0 Å². The van der Waals surface area contributed by atoms with Gasteiger partial charge in [-0.3, -0.25) is 4.90 Å². The molecule has 0 radical (unpaired) electrons. The number of rotatable bonds is 6. The van der Waals surface area contributed by atoms with E-state index < -0.39 is 0 Å². The van der Waals surface area contributed by atoms with Gasteiger partial charge in [-0.25, -0.2) is 0 Å². The second-order valence-electron chi connectivity index (χ2n) is 7.95. The SMILES string of the molecule is C[C@@H](Cc1ccccc1)[C@@H]1CN(C(c2ccccc2)c2ccccc2)CCN1. The third kappa shape index (κ3) is 4.52. The maximum atomic E-state index is 3.79. The van der Waals surface area contributed by atoms with Crippen LogP contribution >= 0.6 is 0 Å². The molecule has 1 heterocycles. The Morgan fingerprint density at radius 1 is 0.821 bits per heavy atom. The third-order valence-corrected chi connectivity index (χ3v) is 5.92. The Morgan fingerprint density at radius 2 is 1.36 bits per heavy atom. The molecule has 0 bridgehead atoms. The maximum Gasteiger partial charge on any atom is 0.0602 e. The van der Waals surface area contributed by atoms with Crippen LogP contribution in [0.5, 0.6) is 0 Å². The molecule has 0 amide bonds. The molecule has 1 aliphatic heterocycles. The summed E-state index contributed by atoms with van der Waals surface area (Å²) in [5.41, 5.74) is 4.19. The molecule has 0 spiro atoms. The standard InChI is InChI=1S/C26H30N2/c1-21(19-22-11-5-2-6-12-22)25-20-28(18-17-27-25)26(23-13-7-3-8-14-23)24-15-9-4-10-16-24/h2-16,21,25-27H,17-20H2,1H3/t21-,25-/m0/s1. The van der Waals surface area contributed by atoms with Crippen LogP contribution in [0.1, 0.15) is 29.7 Å². The first-order chi connectivity index (χ1) is 13.8. The fraction of sp³-hybridized carbons (Fsp3) is 0.308. The first-order valence-electron chi connectivity index (χ1n) is 10.4. The average Bonchev–Trinajstić information content (AvgIpc) is 2.76. The van der Waals surface area contributed by atoms with Gasteiger partial charge in [0, 0.05) is 25.7 Å². The quantitative estimate of drug-likeness (QED) is 0.662. The first kappa shape index (κ1) is 18.9. The molecule has 3 aromatic rings. The molecule has 2 atom stereocenters. The Labute approximate surface area is 169 Å². The highest BCUT2D eigenvalue weighted by Crippen LogP contribution is 2.30. The summed E-state index contributed by atoms with van der Waals surface area (Å²) in [5, 5.41) is 3.79. The fourth-order valence-corrected chi connectivity index (χ4v) is 4.43. The summed E-state index contributed by atoms with van der Waals surface area (Å²) in [6.07, 6.45) is 1.12. The smallest absolute Gasteiger partial charge is 0.0602 e. The number of hydrogen-bond acceptors (Lipinski definition) is 2. The van der Waals surface area contributed by atoms with Crippen molar-refractivity contribution in [2.75, 3.05) is 19.6 Å². The van der Waals surface area contributed by atoms with Crippen molar-refractivity contribution in [3.05, 3.63) is 108 Å². The van der Waals surface area contributed by atoms with Crippen molar-refractivity contribution < 1.29 is 0 Å². The summed E-state index contributed by atoms with van der Waals surface area (Å²) in [7, 11) is 0. The van der Waals surface area contributed by atoms with Crippen molar-refractivity contribution in [1.82, 2.24) is 10.2 Å². The number of nitrogens with zero attached hydrogens (tertiary/aromatic N) is 1. The van der Waals surface area contributed by atoms with Crippen LogP contribution in [-0.2, 0) is 6.42 Å². The molecule has 4 rings (SSSR count). The van der Waals surface area contributed by atoms with Crippen molar-refractivity contribution in [3.8, 4) is 0 Å². The predicted molar refractivity (Wildman–Crippen MR) is 117 cm³/mol. The number of hydrogen-bond donors (Lipinski definition) is 1. The van der Waals surface area contributed by atoms with Gasteiger partial charge in [0.1, 0.15) is 0 Å². The molecule has 3 aromatic carbocycles. The zero-order valence-electron chi connectivity index (χ0n) is 16.7. The molecule has 0 aliphatic carbocycles. The summed E-state index contributed by atoms with van der Waals surface area (Å²) in [5.74, 6) is 0.595. The lowest BCUT2D eigenvalue weighted by Crippen LogP contribution is -2.54. The molecule has 1 fully saturated rings. The van der Waals surface area contributed by atoms with Crippen molar-refractivity contribution in [2.24, 2.45) is 5.92 Å². The van der Waals surface area contributed by atoms with Gasteiger partial charge in [0.2, 0.25) is 0 Å². The van der Waals surface area contributed by atoms with Crippen LogP contribution in [0.25, 0.3) is 0 Å². The van der Waals surface area contributed by atoms with Crippen molar-refractivity contribution >= 4 is 0 Å². The second kappa shape index (κ2) is 9.18. The van der Waals surface area contributed by atoms with Gasteiger partial charge >= 0.3 is 0 Å². The normalized spacial score (nSPS) is 18.9. The molecule has 0 saturated carbocycles. The minimum atomic E-state index is 0.316. The van der Waals surface area contributed by atoms with Crippen LogP contribution in [0.4, 0.5) is 0 Å². The van der Waals surface area contributed by atoms with Crippen LogP contribution in [0.2, 0.25) is 0 Å². The summed E-state index contributed by atoms with van der Waals surface area (Å²) >= 11 is 0. The zero-order valence-corrected chi connectivity index (χ0v) is 16.7.